The maximum Gasteiger partial charge on any atom is 0.331 e. The number of phenolic OH excluding ortho intramolecular Hbond substituents is 1. The molecule has 0 heterocycles. The third-order valence-corrected chi connectivity index (χ3v) is 1.97. The number of carbonyl (C=O) groups is 2. The molecule has 5 nitrogen and oxygen atoms in total. The Bertz CT molecular complexity index is 436. The number of carboxylic acids is 1. The van der Waals surface area contributed by atoms with Crippen molar-refractivity contribution >= 4 is 11.9 Å². The smallest absolute Gasteiger partial charge is 0.331 e. The highest BCUT2D eigenvalue weighted by Crippen LogP contribution is 2.15. The maximum absolute atomic E-state index is 11.0. The van der Waals surface area contributed by atoms with Crippen LogP contribution < -0.4 is 0 Å². The Balaban J connectivity index is 2.36. The van der Waals surface area contributed by atoms with Crippen molar-refractivity contribution in [1.29, 1.82) is 0 Å². The maximum atomic E-state index is 11.0. The fraction of sp³-hybridized carbons (Fsp3) is 0.167. The van der Waals surface area contributed by atoms with Gasteiger partial charge in [0.25, 0.3) is 0 Å². The van der Waals surface area contributed by atoms with Crippen molar-refractivity contribution in [3.8, 4) is 5.75 Å². The summed E-state index contributed by atoms with van der Waals surface area (Å²) in [5, 5.41) is 17.7. The molecule has 0 aliphatic carbocycles. The first-order valence-corrected chi connectivity index (χ1v) is 4.94. The normalized spacial score (nSPS) is 10.4. The summed E-state index contributed by atoms with van der Waals surface area (Å²) in [5.74, 6) is -1.78. The third-order valence-electron chi connectivity index (χ3n) is 1.97. The van der Waals surface area contributed by atoms with Crippen LogP contribution in [0.5, 0.6) is 5.75 Å². The van der Waals surface area contributed by atoms with E-state index in [-0.39, 0.29) is 12.4 Å². The molecule has 0 radical (unpaired) electrons. The molecule has 0 atom stereocenters. The van der Waals surface area contributed by atoms with Gasteiger partial charge in [-0.15, -0.1) is 0 Å². The molecule has 90 valence electrons. The summed E-state index contributed by atoms with van der Waals surface area (Å²) in [7, 11) is 0. The fourth-order valence-corrected chi connectivity index (χ4v) is 1.17. The van der Waals surface area contributed by atoms with Crippen LogP contribution in [0.2, 0.25) is 0 Å². The number of carbonyl (C=O) groups excluding carboxylic acids is 1. The van der Waals surface area contributed by atoms with Crippen LogP contribution in [0.3, 0.4) is 0 Å². The zero-order valence-corrected chi connectivity index (χ0v) is 9.00. The molecule has 0 aliphatic rings. The second kappa shape index (κ2) is 6.32. The lowest BCUT2D eigenvalue weighted by Gasteiger charge is -2.04. The number of esters is 1. The Kier molecular flexibility index (Phi) is 4.75. The molecule has 17 heavy (non-hydrogen) atoms. The van der Waals surface area contributed by atoms with Gasteiger partial charge in [-0.2, -0.15) is 0 Å². The van der Waals surface area contributed by atoms with E-state index in [2.05, 4.69) is 0 Å². The molecule has 0 unspecified atom stereocenters. The molecule has 1 rings (SSSR count). The van der Waals surface area contributed by atoms with Gasteiger partial charge in [0, 0.05) is 18.6 Å². The molecule has 1 aromatic carbocycles. The number of phenols is 1. The Morgan fingerprint density at radius 2 is 1.94 bits per heavy atom. The summed E-state index contributed by atoms with van der Waals surface area (Å²) in [4.78, 5) is 21.1. The number of hydrogen-bond donors (Lipinski definition) is 2. The van der Waals surface area contributed by atoms with Crippen LogP contribution >= 0.6 is 0 Å². The number of rotatable bonds is 5. The topological polar surface area (TPSA) is 83.8 Å². The first kappa shape index (κ1) is 12.8. The molecule has 0 fully saturated rings. The minimum atomic E-state index is -1.21. The lowest BCUT2D eigenvalue weighted by molar-refractivity contribution is -0.138. The number of carboxylic acid groups (broad SMARTS) is 1. The second-order valence-corrected chi connectivity index (χ2v) is 3.22. The quantitative estimate of drug-likeness (QED) is 0.591. The van der Waals surface area contributed by atoms with Crippen molar-refractivity contribution < 1.29 is 24.5 Å². The molecular formula is C12H12O5. The van der Waals surface area contributed by atoms with Crippen LogP contribution in [0.15, 0.2) is 36.4 Å². The van der Waals surface area contributed by atoms with Gasteiger partial charge in [-0.3, -0.25) is 0 Å². The Morgan fingerprint density at radius 3 is 2.59 bits per heavy atom. The van der Waals surface area contributed by atoms with E-state index < -0.39 is 11.9 Å². The Morgan fingerprint density at radius 1 is 1.24 bits per heavy atom. The lowest BCUT2D eigenvalue weighted by Crippen LogP contribution is -2.05. The molecule has 1 aromatic rings. The minimum absolute atomic E-state index is 0.0837. The standard InChI is InChI=1S/C12H12O5/c13-10-4-2-1-3-9(10)7-8-17-12(16)6-5-11(14)15/h1-6,13H,7-8H2,(H,14,15)/b6-5+. The molecule has 0 saturated carbocycles. The van der Waals surface area contributed by atoms with Crippen LogP contribution in [0, 0.1) is 0 Å². The first-order valence-electron chi connectivity index (χ1n) is 4.94. The number of aromatic hydroxyl groups is 1. The first-order chi connectivity index (χ1) is 8.09. The van der Waals surface area contributed by atoms with E-state index >= 15 is 0 Å². The second-order valence-electron chi connectivity index (χ2n) is 3.22. The highest BCUT2D eigenvalue weighted by Gasteiger charge is 2.02. The zero-order valence-electron chi connectivity index (χ0n) is 9.00. The number of para-hydroxylation sites is 1. The van der Waals surface area contributed by atoms with Gasteiger partial charge in [-0.1, -0.05) is 18.2 Å². The van der Waals surface area contributed by atoms with Gasteiger partial charge in [-0.05, 0) is 11.6 Å². The number of hydrogen-bond acceptors (Lipinski definition) is 4. The molecule has 0 aliphatic heterocycles. The Labute approximate surface area is 98.0 Å². The SMILES string of the molecule is O=C(O)/C=C/C(=O)OCCc1ccccc1O. The summed E-state index contributed by atoms with van der Waals surface area (Å²) in [6.45, 7) is 0.0837. The van der Waals surface area contributed by atoms with E-state index in [1.54, 1.807) is 24.3 Å². The highest BCUT2D eigenvalue weighted by molar-refractivity contribution is 5.90. The average molecular weight is 236 g/mol. The predicted octanol–water partition coefficient (Wildman–Crippen LogP) is 1.12. The molecule has 0 saturated heterocycles. The van der Waals surface area contributed by atoms with E-state index in [9.17, 15) is 14.7 Å². The fourth-order valence-electron chi connectivity index (χ4n) is 1.17. The van der Waals surface area contributed by atoms with Crippen LogP contribution in [0.1, 0.15) is 5.56 Å². The van der Waals surface area contributed by atoms with Crippen LogP contribution in [0.25, 0.3) is 0 Å². The molecular weight excluding hydrogens is 224 g/mol. The van der Waals surface area contributed by atoms with Gasteiger partial charge in [-0.25, -0.2) is 9.59 Å². The van der Waals surface area contributed by atoms with Gasteiger partial charge < -0.3 is 14.9 Å². The molecule has 0 bridgehead atoms. The van der Waals surface area contributed by atoms with Crippen LogP contribution in [-0.4, -0.2) is 28.8 Å². The molecule has 0 aromatic heterocycles. The summed E-state index contributed by atoms with van der Waals surface area (Å²) >= 11 is 0. The van der Waals surface area contributed by atoms with Crippen LogP contribution in [-0.2, 0) is 20.7 Å². The predicted molar refractivity (Wildman–Crippen MR) is 59.5 cm³/mol. The van der Waals surface area contributed by atoms with Crippen molar-refractivity contribution in [3.63, 3.8) is 0 Å². The van der Waals surface area contributed by atoms with E-state index in [4.69, 9.17) is 9.84 Å². The molecule has 2 N–H and O–H groups in total. The van der Waals surface area contributed by atoms with E-state index in [1.165, 1.54) is 0 Å². The number of ether oxygens (including phenoxy) is 1. The van der Waals surface area contributed by atoms with Crippen molar-refractivity contribution in [2.75, 3.05) is 6.61 Å². The van der Waals surface area contributed by atoms with E-state index in [0.29, 0.717) is 18.1 Å². The monoisotopic (exact) mass is 236 g/mol. The summed E-state index contributed by atoms with van der Waals surface area (Å²) in [6, 6.07) is 6.72. The zero-order chi connectivity index (χ0) is 12.7. The third kappa shape index (κ3) is 4.83. The van der Waals surface area contributed by atoms with Crippen molar-refractivity contribution in [2.24, 2.45) is 0 Å². The number of aliphatic carboxylic acids is 1. The van der Waals surface area contributed by atoms with Gasteiger partial charge in [0.2, 0.25) is 0 Å². The van der Waals surface area contributed by atoms with Crippen molar-refractivity contribution in [3.05, 3.63) is 42.0 Å². The van der Waals surface area contributed by atoms with Crippen molar-refractivity contribution in [2.45, 2.75) is 6.42 Å². The van der Waals surface area contributed by atoms with Gasteiger partial charge in [0.05, 0.1) is 6.61 Å². The molecule has 5 heteroatoms. The minimum Gasteiger partial charge on any atom is -0.508 e. The van der Waals surface area contributed by atoms with Gasteiger partial charge in [0.1, 0.15) is 5.75 Å². The van der Waals surface area contributed by atoms with E-state index in [0.717, 1.165) is 6.08 Å². The average Bonchev–Trinajstić information content (AvgIpc) is 2.29. The van der Waals surface area contributed by atoms with E-state index in [1.807, 2.05) is 0 Å². The summed E-state index contributed by atoms with van der Waals surface area (Å²) in [5.41, 5.74) is 0.669. The van der Waals surface area contributed by atoms with Crippen molar-refractivity contribution in [1.82, 2.24) is 0 Å². The largest absolute Gasteiger partial charge is 0.508 e. The van der Waals surface area contributed by atoms with Gasteiger partial charge in [0.15, 0.2) is 0 Å². The summed E-state index contributed by atoms with van der Waals surface area (Å²) < 4.78 is 4.75. The molecule has 0 spiro atoms. The lowest BCUT2D eigenvalue weighted by atomic mass is 10.1. The van der Waals surface area contributed by atoms with Crippen LogP contribution in [0.4, 0.5) is 0 Å². The number of benzene rings is 1. The summed E-state index contributed by atoms with van der Waals surface area (Å²) in [6.07, 6.45) is 1.93. The highest BCUT2D eigenvalue weighted by atomic mass is 16.5. The van der Waals surface area contributed by atoms with Gasteiger partial charge >= 0.3 is 11.9 Å². The Hall–Kier alpha value is -2.30. The molecule has 0 amide bonds.